The average molecular weight is 749 g/mol. The number of aromatic nitrogens is 4. The molecule has 288 valence electrons. The zero-order valence-corrected chi connectivity index (χ0v) is 31.7. The molecule has 2 aromatic carbocycles. The molecule has 4 aliphatic rings. The Morgan fingerprint density at radius 1 is 0.673 bits per heavy atom. The number of hydrogen-bond acceptors (Lipinski definition) is 7. The maximum Gasteiger partial charge on any atom is 0.407 e. The Kier molecular flexibility index (Phi) is 9.38. The maximum absolute atomic E-state index is 13.8. The fourth-order valence-corrected chi connectivity index (χ4v) is 8.68. The second kappa shape index (κ2) is 14.2. The highest BCUT2D eigenvalue weighted by Gasteiger charge is 2.57. The van der Waals surface area contributed by atoms with E-state index in [4.69, 9.17) is 14.7 Å². The minimum absolute atomic E-state index is 0.100. The molecule has 2 aliphatic carbocycles. The molecule has 0 unspecified atom stereocenters. The van der Waals surface area contributed by atoms with Crippen molar-refractivity contribution in [3.8, 4) is 33.6 Å². The first-order chi connectivity index (χ1) is 26.4. The van der Waals surface area contributed by atoms with Gasteiger partial charge in [-0.25, -0.2) is 19.6 Å². The van der Waals surface area contributed by atoms with Gasteiger partial charge in [-0.05, 0) is 60.5 Å². The van der Waals surface area contributed by atoms with E-state index in [1.165, 1.54) is 7.11 Å². The fraction of sp³-hybridized carbons (Fsp3) is 0.463. The number of methoxy groups -OCH3 is 1. The van der Waals surface area contributed by atoms with Crippen LogP contribution in [0.4, 0.5) is 9.59 Å². The number of ether oxygens (including phenoxy) is 1. The van der Waals surface area contributed by atoms with Gasteiger partial charge in [-0.3, -0.25) is 9.59 Å². The predicted molar refractivity (Wildman–Crippen MR) is 203 cm³/mol. The van der Waals surface area contributed by atoms with Crippen molar-refractivity contribution in [2.75, 3.05) is 7.11 Å². The second-order valence-electron chi connectivity index (χ2n) is 16.1. The van der Waals surface area contributed by atoms with Gasteiger partial charge in [0.2, 0.25) is 11.8 Å². The number of aromatic amines is 2. The third-order valence-electron chi connectivity index (χ3n) is 11.8. The van der Waals surface area contributed by atoms with Crippen LogP contribution < -0.4 is 10.6 Å². The Morgan fingerprint density at radius 2 is 1.07 bits per heavy atom. The van der Waals surface area contributed by atoms with Crippen LogP contribution in [-0.4, -0.2) is 90.1 Å². The van der Waals surface area contributed by atoms with Gasteiger partial charge in [-0.2, -0.15) is 0 Å². The first kappa shape index (κ1) is 36.3. The molecule has 0 spiro atoms. The molecule has 2 saturated carbocycles. The molecule has 0 bridgehead atoms. The Balaban J connectivity index is 0.933. The standard InChI is InChI=1S/C41H48N8O6/c1-20(2)34(46-40(52)53)38(50)48-30-14-26(30)16-32(48)36-42-18-28(44-36)24-10-6-22(7-11-24)23-8-12-25(13-9-23)29-19-43-37(45-29)33-17-27-15-31(27)49(33)39(51)35(21(3)4)47-41(54)55-5/h6-13,18-21,26-27,30-35,46H,14-17H2,1-5H3,(H,42,44)(H,43,45)(H,47,54)(H,52,53)/t26-,27-,30-,31-,32-,33+,34-,35-/m1/s1. The SMILES string of the molecule is COC(=O)N[C@@H](C(=O)N1[C@@H]2C[C@@H]2C[C@H]1c1nc(-c2ccc(-c3ccc(-c4c[nH]c([C@H]5C[C@H]6C[C@H]6N5C(=O)[C@H](NC(=O)O)C(C)C)n4)cc3)cc2)c[nH]1)C(C)C. The van der Waals surface area contributed by atoms with Crippen LogP contribution in [-0.2, 0) is 14.3 Å². The number of alkyl carbamates (subject to hydrolysis) is 1. The lowest BCUT2D eigenvalue weighted by molar-refractivity contribution is -0.137. The van der Waals surface area contributed by atoms with Crippen molar-refractivity contribution in [3.05, 3.63) is 72.6 Å². The van der Waals surface area contributed by atoms with Gasteiger partial charge in [-0.1, -0.05) is 76.2 Å². The number of H-pyrrole nitrogens is 2. The van der Waals surface area contributed by atoms with E-state index < -0.39 is 24.3 Å². The highest BCUT2D eigenvalue weighted by molar-refractivity contribution is 5.88. The van der Waals surface area contributed by atoms with Crippen LogP contribution in [0.5, 0.6) is 0 Å². The number of hydrogen-bond donors (Lipinski definition) is 5. The molecule has 2 aliphatic heterocycles. The molecule has 14 heteroatoms. The third-order valence-corrected chi connectivity index (χ3v) is 11.8. The number of imidazole rings is 2. The van der Waals surface area contributed by atoms with Crippen molar-refractivity contribution >= 4 is 24.0 Å². The lowest BCUT2D eigenvalue weighted by atomic mass is 10.0. The van der Waals surface area contributed by atoms with Gasteiger partial charge in [0.1, 0.15) is 23.7 Å². The molecule has 55 heavy (non-hydrogen) atoms. The molecule has 2 aromatic heterocycles. The van der Waals surface area contributed by atoms with Crippen LogP contribution in [0, 0.1) is 23.7 Å². The lowest BCUT2D eigenvalue weighted by Gasteiger charge is -2.31. The summed E-state index contributed by atoms with van der Waals surface area (Å²) in [4.78, 5) is 71.1. The Bertz CT molecular complexity index is 2090. The van der Waals surface area contributed by atoms with Crippen molar-refractivity contribution in [3.63, 3.8) is 0 Å². The Hall–Kier alpha value is -5.66. The number of carboxylic acid groups (broad SMARTS) is 1. The summed E-state index contributed by atoms with van der Waals surface area (Å²) >= 11 is 0. The molecule has 14 nitrogen and oxygen atoms in total. The van der Waals surface area contributed by atoms with Gasteiger partial charge in [0.05, 0.1) is 30.6 Å². The largest absolute Gasteiger partial charge is 0.465 e. The fourth-order valence-electron chi connectivity index (χ4n) is 8.68. The van der Waals surface area contributed by atoms with Gasteiger partial charge in [-0.15, -0.1) is 0 Å². The van der Waals surface area contributed by atoms with E-state index in [2.05, 4.69) is 44.9 Å². The Labute approximate surface area is 319 Å². The number of likely N-dealkylation sites (tertiary alicyclic amines) is 2. The predicted octanol–water partition coefficient (Wildman–Crippen LogP) is 6.13. The molecular weight excluding hydrogens is 701 g/mol. The van der Waals surface area contributed by atoms with E-state index >= 15 is 0 Å². The van der Waals surface area contributed by atoms with Gasteiger partial charge >= 0.3 is 12.2 Å². The first-order valence-corrected chi connectivity index (χ1v) is 19.2. The number of fused-ring (bicyclic) bond motifs is 2. The van der Waals surface area contributed by atoms with Crippen LogP contribution in [0.3, 0.4) is 0 Å². The first-order valence-electron chi connectivity index (χ1n) is 19.2. The summed E-state index contributed by atoms with van der Waals surface area (Å²) in [6.07, 6.45) is 5.50. The number of carbonyl (C=O) groups is 4. The molecule has 5 N–H and O–H groups in total. The van der Waals surface area contributed by atoms with Crippen molar-refractivity contribution in [2.24, 2.45) is 23.7 Å². The van der Waals surface area contributed by atoms with Gasteiger partial charge in [0.25, 0.3) is 0 Å². The number of nitrogens with one attached hydrogen (secondary N) is 4. The summed E-state index contributed by atoms with van der Waals surface area (Å²) < 4.78 is 4.79. The number of nitrogens with zero attached hydrogens (tertiary/aromatic N) is 4. The number of rotatable bonds is 11. The van der Waals surface area contributed by atoms with Crippen LogP contribution in [0.25, 0.3) is 33.6 Å². The van der Waals surface area contributed by atoms with E-state index in [1.807, 2.05) is 74.2 Å². The molecule has 4 amide bonds. The van der Waals surface area contributed by atoms with Crippen LogP contribution >= 0.6 is 0 Å². The summed E-state index contributed by atoms with van der Waals surface area (Å²) in [5, 5.41) is 14.5. The van der Waals surface area contributed by atoms with Crippen molar-refractivity contribution < 1.29 is 29.0 Å². The summed E-state index contributed by atoms with van der Waals surface area (Å²) in [6.45, 7) is 7.53. The maximum atomic E-state index is 13.8. The van der Waals surface area contributed by atoms with Crippen LogP contribution in [0.2, 0.25) is 0 Å². The van der Waals surface area contributed by atoms with E-state index in [1.54, 1.807) is 0 Å². The molecule has 0 radical (unpaired) electrons. The van der Waals surface area contributed by atoms with Gasteiger partial charge < -0.3 is 40.2 Å². The summed E-state index contributed by atoms with van der Waals surface area (Å²) in [7, 11) is 1.30. The van der Waals surface area contributed by atoms with Crippen LogP contribution in [0.15, 0.2) is 60.9 Å². The molecule has 2 saturated heterocycles. The van der Waals surface area contributed by atoms with Crippen molar-refractivity contribution in [1.82, 2.24) is 40.4 Å². The molecule has 8 atom stereocenters. The molecule has 4 heterocycles. The number of amides is 4. The van der Waals surface area contributed by atoms with E-state index in [-0.39, 0.29) is 47.8 Å². The number of piperidine rings is 2. The van der Waals surface area contributed by atoms with E-state index in [0.717, 1.165) is 65.1 Å². The van der Waals surface area contributed by atoms with E-state index in [9.17, 15) is 24.3 Å². The normalized spacial score (nSPS) is 24.6. The summed E-state index contributed by atoms with van der Waals surface area (Å²) in [5.41, 5.74) is 5.57. The highest BCUT2D eigenvalue weighted by Crippen LogP contribution is 2.54. The second-order valence-corrected chi connectivity index (χ2v) is 16.1. The number of benzene rings is 2. The monoisotopic (exact) mass is 748 g/mol. The average Bonchev–Trinajstić information content (AvgIpc) is 3.76. The van der Waals surface area contributed by atoms with Crippen molar-refractivity contribution in [2.45, 2.75) is 89.6 Å². The number of carbonyl (C=O) groups excluding carboxylic acids is 3. The van der Waals surface area contributed by atoms with Crippen molar-refractivity contribution in [1.29, 1.82) is 0 Å². The quantitative estimate of drug-likeness (QED) is 0.121. The van der Waals surface area contributed by atoms with Gasteiger partial charge in [0.15, 0.2) is 0 Å². The summed E-state index contributed by atoms with van der Waals surface area (Å²) in [5.74, 6) is 1.75. The topological polar surface area (TPSA) is 186 Å². The zero-order chi connectivity index (χ0) is 38.7. The van der Waals surface area contributed by atoms with E-state index in [0.29, 0.717) is 17.7 Å². The molecule has 8 rings (SSSR count). The lowest BCUT2D eigenvalue weighted by Crippen LogP contribution is -2.52. The zero-order valence-electron chi connectivity index (χ0n) is 31.7. The molecule has 4 fully saturated rings. The smallest absolute Gasteiger partial charge is 0.407 e. The minimum atomic E-state index is -1.20. The highest BCUT2D eigenvalue weighted by atomic mass is 16.5. The Morgan fingerprint density at radius 3 is 1.45 bits per heavy atom. The third kappa shape index (κ3) is 6.94. The van der Waals surface area contributed by atoms with Gasteiger partial charge in [0, 0.05) is 35.6 Å². The minimum Gasteiger partial charge on any atom is -0.465 e. The molecular formula is C41H48N8O6. The van der Waals surface area contributed by atoms with Crippen LogP contribution in [0.1, 0.15) is 77.1 Å². The summed E-state index contributed by atoms with van der Waals surface area (Å²) in [6, 6.07) is 14.8. The molecule has 4 aromatic rings.